The highest BCUT2D eigenvalue weighted by atomic mass is 16.5. The molecule has 33 heavy (non-hydrogen) atoms. The number of benzene rings is 4. The highest BCUT2D eigenvalue weighted by molar-refractivity contribution is 5.94. The van der Waals surface area contributed by atoms with Crippen LogP contribution in [0.4, 0.5) is 5.69 Å². The summed E-state index contributed by atoms with van der Waals surface area (Å²) < 4.78 is 11.7. The Morgan fingerprint density at radius 3 is 2.15 bits per heavy atom. The minimum absolute atomic E-state index is 0.219. The van der Waals surface area contributed by atoms with E-state index in [2.05, 4.69) is 29.6 Å². The Bertz CT molecular complexity index is 1160. The van der Waals surface area contributed by atoms with E-state index in [4.69, 9.17) is 9.47 Å². The summed E-state index contributed by atoms with van der Waals surface area (Å²) in [6.45, 7) is 2.31. The van der Waals surface area contributed by atoms with Gasteiger partial charge in [-0.15, -0.1) is 0 Å². The van der Waals surface area contributed by atoms with E-state index in [9.17, 15) is 4.79 Å². The summed E-state index contributed by atoms with van der Waals surface area (Å²) in [5.74, 6) is 1.15. The van der Waals surface area contributed by atoms with Gasteiger partial charge in [0.25, 0.3) is 5.91 Å². The summed E-state index contributed by atoms with van der Waals surface area (Å²) in [7, 11) is 0. The molecule has 4 aromatic rings. The first-order valence-corrected chi connectivity index (χ1v) is 11.1. The number of carbonyl (C=O) groups is 1. The summed E-state index contributed by atoms with van der Waals surface area (Å²) in [6, 6.07) is 35.5. The van der Waals surface area contributed by atoms with Crippen LogP contribution in [0.3, 0.4) is 0 Å². The smallest absolute Gasteiger partial charge is 0.265 e. The molecule has 0 aliphatic rings. The summed E-state index contributed by atoms with van der Waals surface area (Å²) in [6.07, 6.45) is 0.181. The molecule has 1 unspecified atom stereocenters. The van der Waals surface area contributed by atoms with Crippen molar-refractivity contribution < 1.29 is 14.3 Å². The number of amides is 1. The molecule has 1 amide bonds. The zero-order valence-electron chi connectivity index (χ0n) is 18.6. The molecule has 0 saturated heterocycles. The number of hydrogen-bond acceptors (Lipinski definition) is 3. The van der Waals surface area contributed by atoms with E-state index in [1.807, 2.05) is 84.9 Å². The predicted molar refractivity (Wildman–Crippen MR) is 133 cm³/mol. The quantitative estimate of drug-likeness (QED) is 0.330. The van der Waals surface area contributed by atoms with Crippen molar-refractivity contribution in [2.24, 2.45) is 0 Å². The molecule has 4 aromatic carbocycles. The van der Waals surface area contributed by atoms with Crippen LogP contribution in [-0.4, -0.2) is 18.6 Å². The fraction of sp³-hybridized carbons (Fsp3) is 0.138. The van der Waals surface area contributed by atoms with Crippen LogP contribution in [0, 0.1) is 0 Å². The Labute approximate surface area is 194 Å². The maximum Gasteiger partial charge on any atom is 0.265 e. The topological polar surface area (TPSA) is 47.6 Å². The number of rotatable bonds is 9. The zero-order valence-corrected chi connectivity index (χ0v) is 18.6. The lowest BCUT2D eigenvalue weighted by Crippen LogP contribution is -2.30. The van der Waals surface area contributed by atoms with Gasteiger partial charge in [-0.05, 0) is 47.9 Å². The number of hydrogen-bond donors (Lipinski definition) is 1. The van der Waals surface area contributed by atoms with Crippen molar-refractivity contribution in [2.75, 3.05) is 11.9 Å². The minimum atomic E-state index is -0.643. The largest absolute Gasteiger partial charge is 0.493 e. The van der Waals surface area contributed by atoms with Gasteiger partial charge in [-0.2, -0.15) is 0 Å². The molecule has 1 atom stereocenters. The van der Waals surface area contributed by atoms with Crippen molar-refractivity contribution in [3.8, 4) is 22.6 Å². The molecule has 0 heterocycles. The number of anilines is 1. The second kappa shape index (κ2) is 11.0. The molecule has 0 aliphatic heterocycles. The summed E-state index contributed by atoms with van der Waals surface area (Å²) in [5, 5.41) is 2.90. The van der Waals surface area contributed by atoms with E-state index in [0.29, 0.717) is 23.8 Å². The van der Waals surface area contributed by atoms with Gasteiger partial charge in [0.05, 0.1) is 6.61 Å². The van der Waals surface area contributed by atoms with Crippen molar-refractivity contribution in [1.29, 1.82) is 0 Å². The van der Waals surface area contributed by atoms with Crippen molar-refractivity contribution in [1.82, 2.24) is 0 Å². The van der Waals surface area contributed by atoms with Gasteiger partial charge >= 0.3 is 0 Å². The summed E-state index contributed by atoms with van der Waals surface area (Å²) >= 11 is 0. The number of nitrogens with one attached hydrogen (secondary N) is 1. The minimum Gasteiger partial charge on any atom is -0.493 e. The van der Waals surface area contributed by atoms with Crippen molar-refractivity contribution in [3.05, 3.63) is 115 Å². The molecular formula is C29H27NO3. The van der Waals surface area contributed by atoms with E-state index in [1.54, 1.807) is 6.92 Å². The molecule has 1 N–H and O–H groups in total. The van der Waals surface area contributed by atoms with Gasteiger partial charge in [0.1, 0.15) is 11.5 Å². The molecular weight excluding hydrogens is 410 g/mol. The molecule has 4 rings (SSSR count). The average Bonchev–Trinajstić information content (AvgIpc) is 2.86. The van der Waals surface area contributed by atoms with Gasteiger partial charge in [0.15, 0.2) is 6.10 Å². The third-order valence-electron chi connectivity index (χ3n) is 5.25. The van der Waals surface area contributed by atoms with Gasteiger partial charge in [0.2, 0.25) is 0 Å². The lowest BCUT2D eigenvalue weighted by atomic mass is 10.1. The number of ether oxygens (including phenoxy) is 2. The fourth-order valence-corrected chi connectivity index (χ4v) is 3.45. The summed E-state index contributed by atoms with van der Waals surface area (Å²) in [4.78, 5) is 12.6. The van der Waals surface area contributed by atoms with Gasteiger partial charge in [-0.25, -0.2) is 0 Å². The van der Waals surface area contributed by atoms with Gasteiger partial charge in [0, 0.05) is 18.2 Å². The molecule has 0 spiro atoms. The van der Waals surface area contributed by atoms with E-state index < -0.39 is 6.10 Å². The fourth-order valence-electron chi connectivity index (χ4n) is 3.45. The molecule has 4 nitrogen and oxygen atoms in total. The molecule has 0 saturated carbocycles. The van der Waals surface area contributed by atoms with E-state index >= 15 is 0 Å². The molecule has 166 valence electrons. The van der Waals surface area contributed by atoms with Crippen LogP contribution in [0.25, 0.3) is 11.1 Å². The van der Waals surface area contributed by atoms with Crippen LogP contribution in [0.5, 0.6) is 11.5 Å². The lowest BCUT2D eigenvalue weighted by molar-refractivity contribution is -0.122. The van der Waals surface area contributed by atoms with Crippen molar-refractivity contribution >= 4 is 11.6 Å². The van der Waals surface area contributed by atoms with Gasteiger partial charge in [-0.1, -0.05) is 78.9 Å². The normalized spacial score (nSPS) is 11.4. The van der Waals surface area contributed by atoms with Gasteiger partial charge < -0.3 is 14.8 Å². The maximum absolute atomic E-state index is 12.6. The first-order valence-electron chi connectivity index (χ1n) is 11.1. The Kier molecular flexibility index (Phi) is 7.39. The second-order valence-corrected chi connectivity index (χ2v) is 7.75. The van der Waals surface area contributed by atoms with Gasteiger partial charge in [-0.3, -0.25) is 4.79 Å². The van der Waals surface area contributed by atoms with Crippen LogP contribution in [0.2, 0.25) is 0 Å². The van der Waals surface area contributed by atoms with Crippen LogP contribution in [-0.2, 0) is 11.2 Å². The van der Waals surface area contributed by atoms with Crippen LogP contribution < -0.4 is 14.8 Å². The zero-order chi connectivity index (χ0) is 22.9. The Balaban J connectivity index is 1.29. The second-order valence-electron chi connectivity index (χ2n) is 7.75. The van der Waals surface area contributed by atoms with Crippen LogP contribution >= 0.6 is 0 Å². The number of carbonyl (C=O) groups excluding carboxylic acids is 1. The van der Waals surface area contributed by atoms with Crippen molar-refractivity contribution in [3.63, 3.8) is 0 Å². The highest BCUT2D eigenvalue weighted by Crippen LogP contribution is 2.23. The average molecular weight is 438 g/mol. The van der Waals surface area contributed by atoms with Crippen molar-refractivity contribution in [2.45, 2.75) is 19.4 Å². The van der Waals surface area contributed by atoms with E-state index in [0.717, 1.165) is 17.5 Å². The summed E-state index contributed by atoms with van der Waals surface area (Å²) in [5.41, 5.74) is 4.14. The first-order chi connectivity index (χ1) is 16.2. The van der Waals surface area contributed by atoms with Crippen LogP contribution in [0.15, 0.2) is 109 Å². The SMILES string of the molecule is CC(Oc1ccc(-c2ccccc2)cc1)C(=O)Nc1cccc(OCCc2ccccc2)c1. The highest BCUT2D eigenvalue weighted by Gasteiger charge is 2.15. The van der Waals surface area contributed by atoms with E-state index in [1.165, 1.54) is 5.56 Å². The molecule has 4 heteroatoms. The first kappa shape index (κ1) is 22.2. The molecule has 0 radical (unpaired) electrons. The Morgan fingerprint density at radius 1 is 0.758 bits per heavy atom. The Hall–Kier alpha value is -4.05. The molecule has 0 bridgehead atoms. The third kappa shape index (κ3) is 6.47. The third-order valence-corrected chi connectivity index (χ3v) is 5.25. The molecule has 0 aromatic heterocycles. The van der Waals surface area contributed by atoms with E-state index in [-0.39, 0.29) is 5.91 Å². The lowest BCUT2D eigenvalue weighted by Gasteiger charge is -2.15. The maximum atomic E-state index is 12.6. The molecule has 0 aliphatic carbocycles. The molecule has 0 fully saturated rings. The Morgan fingerprint density at radius 2 is 1.42 bits per heavy atom. The monoisotopic (exact) mass is 437 g/mol. The predicted octanol–water partition coefficient (Wildman–Crippen LogP) is 6.38. The standard InChI is InChI=1S/C29H27NO3/c1-22(33-27-17-15-25(16-18-27)24-11-6-3-7-12-24)29(31)30-26-13-8-14-28(21-26)32-20-19-23-9-4-2-5-10-23/h2-18,21-22H,19-20H2,1H3,(H,30,31). The van der Waals surface area contributed by atoms with Crippen LogP contribution in [0.1, 0.15) is 12.5 Å².